The van der Waals surface area contributed by atoms with Crippen LogP contribution in [0.3, 0.4) is 0 Å². The lowest BCUT2D eigenvalue weighted by atomic mass is 9.69. The Labute approximate surface area is 183 Å². The molecule has 3 rings (SSSR count). The highest BCUT2D eigenvalue weighted by atomic mass is 16.5. The summed E-state index contributed by atoms with van der Waals surface area (Å²) in [7, 11) is 0. The molecule has 30 heavy (non-hydrogen) atoms. The Morgan fingerprint density at radius 2 is 1.23 bits per heavy atom. The van der Waals surface area contributed by atoms with Gasteiger partial charge in [0.25, 0.3) is 0 Å². The van der Waals surface area contributed by atoms with Gasteiger partial charge in [-0.15, -0.1) is 0 Å². The Hall–Kier alpha value is -2.54. The van der Waals surface area contributed by atoms with Gasteiger partial charge in [0.2, 0.25) is 0 Å². The minimum absolute atomic E-state index is 0.232. The van der Waals surface area contributed by atoms with E-state index in [1.54, 1.807) is 0 Å². The molecule has 158 valence electrons. The summed E-state index contributed by atoms with van der Waals surface area (Å²) in [5.74, 6) is 1.45. The second-order valence-corrected chi connectivity index (χ2v) is 10.6. The molecule has 0 aromatic heterocycles. The van der Waals surface area contributed by atoms with Crippen LogP contribution in [0.2, 0.25) is 0 Å². The van der Waals surface area contributed by atoms with Crippen molar-refractivity contribution in [3.8, 4) is 16.9 Å². The largest absolute Gasteiger partial charge is 0.489 e. The smallest absolute Gasteiger partial charge is 0.119 e. The van der Waals surface area contributed by atoms with E-state index in [4.69, 9.17) is 4.74 Å². The van der Waals surface area contributed by atoms with Crippen LogP contribution in [0.4, 0.5) is 0 Å². The monoisotopic (exact) mass is 400 g/mol. The Morgan fingerprint density at radius 3 is 1.77 bits per heavy atom. The summed E-state index contributed by atoms with van der Waals surface area (Å²) in [5, 5.41) is 0. The lowest BCUT2D eigenvalue weighted by Crippen LogP contribution is -2.23. The maximum atomic E-state index is 6.06. The lowest BCUT2D eigenvalue weighted by molar-refractivity contribution is 0.229. The fourth-order valence-corrected chi connectivity index (χ4v) is 3.92. The van der Waals surface area contributed by atoms with Crippen LogP contribution in [0.1, 0.15) is 65.0 Å². The molecule has 0 spiro atoms. The molecule has 0 aliphatic carbocycles. The van der Waals surface area contributed by atoms with Crippen molar-refractivity contribution >= 4 is 0 Å². The molecule has 1 nitrogen and oxygen atoms in total. The Kier molecular flexibility index (Phi) is 6.71. The molecular formula is C29H36O. The van der Waals surface area contributed by atoms with E-state index in [-0.39, 0.29) is 5.41 Å². The Balaban J connectivity index is 1.64. The van der Waals surface area contributed by atoms with Gasteiger partial charge in [0.05, 0.1) is 0 Å². The van der Waals surface area contributed by atoms with Crippen molar-refractivity contribution in [1.82, 2.24) is 0 Å². The maximum absolute atomic E-state index is 6.06. The SMILES string of the molecule is CC(C)(C)CC(c1ccc(OCc2ccc(-c3ccccc3)cc2)cc1)C(C)(C)C. The summed E-state index contributed by atoms with van der Waals surface area (Å²) in [6.45, 7) is 14.6. The van der Waals surface area contributed by atoms with E-state index in [1.807, 2.05) is 6.07 Å². The van der Waals surface area contributed by atoms with E-state index in [0.29, 0.717) is 17.9 Å². The number of ether oxygens (including phenoxy) is 1. The highest BCUT2D eigenvalue weighted by molar-refractivity contribution is 5.63. The second kappa shape index (κ2) is 9.08. The standard InChI is InChI=1S/C29H36O/c1-28(2,3)20-27(29(4,5)6)25-16-18-26(19-17-25)30-21-22-12-14-24(15-13-22)23-10-8-7-9-11-23/h7-19,27H,20-21H2,1-6H3. The van der Waals surface area contributed by atoms with Crippen molar-refractivity contribution in [2.75, 3.05) is 0 Å². The molecule has 3 aromatic carbocycles. The van der Waals surface area contributed by atoms with Gasteiger partial charge in [-0.2, -0.15) is 0 Å². The molecule has 0 saturated heterocycles. The quantitative estimate of drug-likeness (QED) is 0.403. The molecule has 0 aliphatic heterocycles. The highest BCUT2D eigenvalue weighted by Gasteiger charge is 2.30. The molecule has 0 aliphatic rings. The van der Waals surface area contributed by atoms with Gasteiger partial charge in [0.15, 0.2) is 0 Å². The minimum Gasteiger partial charge on any atom is -0.489 e. The van der Waals surface area contributed by atoms with Crippen LogP contribution in [0.5, 0.6) is 5.75 Å². The van der Waals surface area contributed by atoms with Crippen LogP contribution in [0.15, 0.2) is 78.9 Å². The molecule has 0 amide bonds. The average Bonchev–Trinajstić information content (AvgIpc) is 2.71. The zero-order valence-electron chi connectivity index (χ0n) is 19.4. The summed E-state index contributed by atoms with van der Waals surface area (Å²) < 4.78 is 6.06. The first kappa shape index (κ1) is 22.2. The molecule has 0 N–H and O–H groups in total. The van der Waals surface area contributed by atoms with Gasteiger partial charge in [-0.25, -0.2) is 0 Å². The summed E-state index contributed by atoms with van der Waals surface area (Å²) in [5.41, 5.74) is 5.59. The van der Waals surface area contributed by atoms with Gasteiger partial charge in [-0.1, -0.05) is 108 Å². The van der Waals surface area contributed by atoms with Gasteiger partial charge >= 0.3 is 0 Å². The van der Waals surface area contributed by atoms with Crippen LogP contribution in [0, 0.1) is 10.8 Å². The normalized spacial score (nSPS) is 13.1. The molecule has 1 atom stereocenters. The molecule has 3 aromatic rings. The Bertz CT molecular complexity index is 907. The zero-order chi connectivity index (χ0) is 21.8. The van der Waals surface area contributed by atoms with E-state index >= 15 is 0 Å². The summed E-state index contributed by atoms with van der Waals surface area (Å²) in [4.78, 5) is 0. The van der Waals surface area contributed by atoms with Gasteiger partial charge in [-0.3, -0.25) is 0 Å². The van der Waals surface area contributed by atoms with E-state index < -0.39 is 0 Å². The number of rotatable bonds is 6. The first-order valence-corrected chi connectivity index (χ1v) is 11.0. The van der Waals surface area contributed by atoms with Crippen LogP contribution in [-0.4, -0.2) is 0 Å². The van der Waals surface area contributed by atoms with Gasteiger partial charge in [0.1, 0.15) is 12.4 Å². The fraction of sp³-hybridized carbons (Fsp3) is 0.379. The van der Waals surface area contributed by atoms with Crippen molar-refractivity contribution in [2.45, 2.75) is 60.5 Å². The minimum atomic E-state index is 0.232. The van der Waals surface area contributed by atoms with E-state index in [9.17, 15) is 0 Å². The topological polar surface area (TPSA) is 9.23 Å². The third kappa shape index (κ3) is 6.23. The summed E-state index contributed by atoms with van der Waals surface area (Å²) in [6.07, 6.45) is 1.17. The van der Waals surface area contributed by atoms with Crippen LogP contribution >= 0.6 is 0 Å². The van der Waals surface area contributed by atoms with Gasteiger partial charge in [-0.05, 0) is 57.6 Å². The molecule has 0 saturated carbocycles. The first-order valence-electron chi connectivity index (χ1n) is 11.0. The average molecular weight is 401 g/mol. The molecule has 0 bridgehead atoms. The molecule has 0 heterocycles. The number of hydrogen-bond donors (Lipinski definition) is 0. The Morgan fingerprint density at radius 1 is 0.667 bits per heavy atom. The zero-order valence-corrected chi connectivity index (χ0v) is 19.4. The van der Waals surface area contributed by atoms with Crippen molar-refractivity contribution in [2.24, 2.45) is 10.8 Å². The number of benzene rings is 3. The van der Waals surface area contributed by atoms with E-state index in [1.165, 1.54) is 28.7 Å². The lowest BCUT2D eigenvalue weighted by Gasteiger charge is -2.36. The second-order valence-electron chi connectivity index (χ2n) is 10.6. The van der Waals surface area contributed by atoms with Crippen LogP contribution in [-0.2, 0) is 6.61 Å². The van der Waals surface area contributed by atoms with Crippen molar-refractivity contribution in [3.63, 3.8) is 0 Å². The molecule has 1 heteroatoms. The highest BCUT2D eigenvalue weighted by Crippen LogP contribution is 2.43. The third-order valence-corrected chi connectivity index (χ3v) is 5.61. The summed E-state index contributed by atoms with van der Waals surface area (Å²) in [6, 6.07) is 27.8. The van der Waals surface area contributed by atoms with E-state index in [2.05, 4.69) is 114 Å². The van der Waals surface area contributed by atoms with E-state index in [0.717, 1.165) is 5.75 Å². The first-order chi connectivity index (χ1) is 14.1. The predicted octanol–water partition coefficient (Wildman–Crippen LogP) is 8.50. The number of hydrogen-bond acceptors (Lipinski definition) is 1. The van der Waals surface area contributed by atoms with Crippen molar-refractivity contribution in [3.05, 3.63) is 90.0 Å². The van der Waals surface area contributed by atoms with Crippen molar-refractivity contribution in [1.29, 1.82) is 0 Å². The van der Waals surface area contributed by atoms with Crippen LogP contribution < -0.4 is 4.74 Å². The molecule has 0 fully saturated rings. The summed E-state index contributed by atoms with van der Waals surface area (Å²) >= 11 is 0. The van der Waals surface area contributed by atoms with Gasteiger partial charge in [0, 0.05) is 0 Å². The fourth-order valence-electron chi connectivity index (χ4n) is 3.92. The third-order valence-electron chi connectivity index (χ3n) is 5.61. The van der Waals surface area contributed by atoms with Crippen LogP contribution in [0.25, 0.3) is 11.1 Å². The molecule has 0 radical (unpaired) electrons. The predicted molar refractivity (Wildman–Crippen MR) is 129 cm³/mol. The molecular weight excluding hydrogens is 364 g/mol. The maximum Gasteiger partial charge on any atom is 0.119 e. The van der Waals surface area contributed by atoms with Gasteiger partial charge < -0.3 is 4.74 Å². The van der Waals surface area contributed by atoms with Crippen molar-refractivity contribution < 1.29 is 4.74 Å². The molecule has 1 unspecified atom stereocenters.